The number of aliphatic hydroxyl groups excluding tert-OH is 1. The van der Waals surface area contributed by atoms with Gasteiger partial charge in [0, 0.05) is 24.6 Å². The largest absolute Gasteiger partial charge is 0.444 e. The first-order valence-electron chi connectivity index (χ1n) is 7.18. The van der Waals surface area contributed by atoms with Crippen molar-refractivity contribution < 1.29 is 19.0 Å². The van der Waals surface area contributed by atoms with E-state index >= 15 is 0 Å². The van der Waals surface area contributed by atoms with Crippen molar-refractivity contribution in [3.05, 3.63) is 35.6 Å². The molecule has 2 rings (SSSR count). The van der Waals surface area contributed by atoms with E-state index in [1.165, 1.54) is 6.07 Å². The van der Waals surface area contributed by atoms with Crippen molar-refractivity contribution in [1.82, 2.24) is 4.90 Å². The number of ether oxygens (including phenoxy) is 1. The van der Waals surface area contributed by atoms with Crippen LogP contribution in [-0.4, -0.2) is 34.8 Å². The Morgan fingerprint density at radius 3 is 2.71 bits per heavy atom. The van der Waals surface area contributed by atoms with Gasteiger partial charge in [-0.25, -0.2) is 9.18 Å². The summed E-state index contributed by atoms with van der Waals surface area (Å²) in [6.07, 6.45) is -0.654. The number of hydrogen-bond donors (Lipinski definition) is 1. The maximum absolute atomic E-state index is 13.7. The van der Waals surface area contributed by atoms with Gasteiger partial charge in [-0.15, -0.1) is 0 Å². The second-order valence-corrected chi connectivity index (χ2v) is 6.44. The monoisotopic (exact) mass is 295 g/mol. The number of aliphatic hydroxyl groups is 1. The molecule has 1 saturated heterocycles. The van der Waals surface area contributed by atoms with Crippen LogP contribution in [0.25, 0.3) is 0 Å². The molecule has 5 heteroatoms. The molecule has 1 fully saturated rings. The van der Waals surface area contributed by atoms with E-state index < -0.39 is 17.5 Å². The first kappa shape index (κ1) is 15.8. The molecule has 2 unspecified atom stereocenters. The van der Waals surface area contributed by atoms with E-state index in [2.05, 4.69) is 0 Å². The van der Waals surface area contributed by atoms with Crippen LogP contribution in [0.4, 0.5) is 9.18 Å². The lowest BCUT2D eigenvalue weighted by Crippen LogP contribution is -2.35. The molecule has 1 aromatic rings. The number of halogens is 1. The van der Waals surface area contributed by atoms with Gasteiger partial charge in [0.25, 0.3) is 0 Å². The molecular weight excluding hydrogens is 273 g/mol. The van der Waals surface area contributed by atoms with Crippen molar-refractivity contribution in [2.24, 2.45) is 5.92 Å². The summed E-state index contributed by atoms with van der Waals surface area (Å²) in [5.41, 5.74) is -0.257. The number of carbonyl (C=O) groups excluding carboxylic acids is 1. The molecule has 0 bridgehead atoms. The van der Waals surface area contributed by atoms with Gasteiger partial charge >= 0.3 is 6.09 Å². The molecule has 1 amide bonds. The minimum Gasteiger partial charge on any atom is -0.444 e. The van der Waals surface area contributed by atoms with Crippen molar-refractivity contribution in [3.8, 4) is 0 Å². The van der Waals surface area contributed by atoms with E-state index in [9.17, 15) is 14.3 Å². The van der Waals surface area contributed by atoms with Crippen LogP contribution in [0.5, 0.6) is 0 Å². The molecule has 1 aliphatic rings. The molecule has 116 valence electrons. The first-order chi connectivity index (χ1) is 9.78. The van der Waals surface area contributed by atoms with Gasteiger partial charge in [-0.05, 0) is 33.3 Å². The van der Waals surface area contributed by atoms with Gasteiger partial charge in [0.2, 0.25) is 0 Å². The van der Waals surface area contributed by atoms with Crippen molar-refractivity contribution in [1.29, 1.82) is 0 Å². The fourth-order valence-electron chi connectivity index (χ4n) is 2.51. The van der Waals surface area contributed by atoms with Crippen molar-refractivity contribution in [2.75, 3.05) is 13.1 Å². The van der Waals surface area contributed by atoms with Crippen molar-refractivity contribution in [3.63, 3.8) is 0 Å². The quantitative estimate of drug-likeness (QED) is 0.912. The zero-order valence-electron chi connectivity index (χ0n) is 12.7. The van der Waals surface area contributed by atoms with E-state index in [0.29, 0.717) is 19.5 Å². The predicted octanol–water partition coefficient (Wildman–Crippen LogP) is 3.12. The van der Waals surface area contributed by atoms with Gasteiger partial charge in [0.15, 0.2) is 0 Å². The fraction of sp³-hybridized carbons (Fsp3) is 0.562. The average Bonchev–Trinajstić information content (AvgIpc) is 2.86. The normalized spacial score (nSPS) is 20.4. The molecule has 4 nitrogen and oxygen atoms in total. The lowest BCUT2D eigenvalue weighted by molar-refractivity contribution is 0.0267. The van der Waals surface area contributed by atoms with Crippen LogP contribution in [0, 0.1) is 11.7 Å². The van der Waals surface area contributed by atoms with E-state index in [-0.39, 0.29) is 17.6 Å². The minimum absolute atomic E-state index is 0.172. The second-order valence-electron chi connectivity index (χ2n) is 6.44. The fourth-order valence-corrected chi connectivity index (χ4v) is 2.51. The Kier molecular flexibility index (Phi) is 4.52. The molecule has 2 atom stereocenters. The number of hydrogen-bond acceptors (Lipinski definition) is 3. The number of amides is 1. The summed E-state index contributed by atoms with van der Waals surface area (Å²) in [6.45, 7) is 6.33. The zero-order chi connectivity index (χ0) is 15.6. The molecular formula is C16H22FNO3. The van der Waals surface area contributed by atoms with Gasteiger partial charge in [-0.1, -0.05) is 18.2 Å². The molecule has 1 aliphatic heterocycles. The Morgan fingerprint density at radius 2 is 2.10 bits per heavy atom. The molecule has 1 N–H and O–H groups in total. The van der Waals surface area contributed by atoms with Gasteiger partial charge < -0.3 is 14.7 Å². The Balaban J connectivity index is 1.99. The third-order valence-corrected chi connectivity index (χ3v) is 3.55. The van der Waals surface area contributed by atoms with E-state index in [0.717, 1.165) is 0 Å². The SMILES string of the molecule is CC(C)(C)OC(=O)N1CCC(C(O)c2ccccc2F)C1. The summed E-state index contributed by atoms with van der Waals surface area (Å²) in [4.78, 5) is 13.5. The van der Waals surface area contributed by atoms with Gasteiger partial charge in [-0.2, -0.15) is 0 Å². The molecule has 0 radical (unpaired) electrons. The topological polar surface area (TPSA) is 49.8 Å². The number of likely N-dealkylation sites (tertiary alicyclic amines) is 1. The predicted molar refractivity (Wildman–Crippen MR) is 77.3 cm³/mol. The maximum Gasteiger partial charge on any atom is 0.410 e. The first-order valence-corrected chi connectivity index (χ1v) is 7.18. The summed E-state index contributed by atoms with van der Waals surface area (Å²) in [5, 5.41) is 10.3. The van der Waals surface area contributed by atoms with Gasteiger partial charge in [0.1, 0.15) is 11.4 Å². The second kappa shape index (κ2) is 6.02. The van der Waals surface area contributed by atoms with Crippen LogP contribution in [0.1, 0.15) is 38.9 Å². The number of benzene rings is 1. The highest BCUT2D eigenvalue weighted by Crippen LogP contribution is 2.31. The maximum atomic E-state index is 13.7. The van der Waals surface area contributed by atoms with E-state index in [1.54, 1.807) is 23.1 Å². The van der Waals surface area contributed by atoms with E-state index in [4.69, 9.17) is 4.74 Å². The highest BCUT2D eigenvalue weighted by atomic mass is 19.1. The van der Waals surface area contributed by atoms with Crippen LogP contribution in [-0.2, 0) is 4.74 Å². The molecule has 0 saturated carbocycles. The molecule has 0 aromatic heterocycles. The Hall–Kier alpha value is -1.62. The van der Waals surface area contributed by atoms with Crippen molar-refractivity contribution in [2.45, 2.75) is 38.9 Å². The van der Waals surface area contributed by atoms with E-state index in [1.807, 2.05) is 20.8 Å². The summed E-state index contributed by atoms with van der Waals surface area (Å²) >= 11 is 0. The minimum atomic E-state index is -0.904. The molecule has 21 heavy (non-hydrogen) atoms. The summed E-state index contributed by atoms with van der Waals surface area (Å²) in [7, 11) is 0. The molecule has 1 aromatic carbocycles. The Morgan fingerprint density at radius 1 is 1.43 bits per heavy atom. The summed E-state index contributed by atoms with van der Waals surface area (Å²) < 4.78 is 19.0. The number of rotatable bonds is 2. The number of carbonyl (C=O) groups is 1. The van der Waals surface area contributed by atoms with Crippen LogP contribution in [0.15, 0.2) is 24.3 Å². The lowest BCUT2D eigenvalue weighted by atomic mass is 9.95. The third-order valence-electron chi connectivity index (χ3n) is 3.55. The molecule has 0 spiro atoms. The van der Waals surface area contributed by atoms with Crippen molar-refractivity contribution >= 4 is 6.09 Å². The Bertz CT molecular complexity index is 512. The summed E-state index contributed by atoms with van der Waals surface area (Å²) in [5.74, 6) is -0.588. The lowest BCUT2D eigenvalue weighted by Gasteiger charge is -2.25. The van der Waals surface area contributed by atoms with Gasteiger partial charge in [0.05, 0.1) is 6.10 Å². The van der Waals surface area contributed by atoms with Crippen LogP contribution in [0.3, 0.4) is 0 Å². The highest BCUT2D eigenvalue weighted by molar-refractivity contribution is 5.68. The van der Waals surface area contributed by atoms with Crippen LogP contribution < -0.4 is 0 Å². The van der Waals surface area contributed by atoms with Crippen LogP contribution in [0.2, 0.25) is 0 Å². The molecule has 0 aliphatic carbocycles. The zero-order valence-corrected chi connectivity index (χ0v) is 12.7. The molecule has 1 heterocycles. The van der Waals surface area contributed by atoms with Gasteiger partial charge in [-0.3, -0.25) is 0 Å². The highest BCUT2D eigenvalue weighted by Gasteiger charge is 2.34. The van der Waals surface area contributed by atoms with Crippen LogP contribution >= 0.6 is 0 Å². The standard InChI is InChI=1S/C16H22FNO3/c1-16(2,3)21-15(20)18-9-8-11(10-18)14(19)12-6-4-5-7-13(12)17/h4-7,11,14,19H,8-10H2,1-3H3. The average molecular weight is 295 g/mol. The number of nitrogens with zero attached hydrogens (tertiary/aromatic N) is 1. The smallest absolute Gasteiger partial charge is 0.410 e. The third kappa shape index (κ3) is 3.94. The Labute approximate surface area is 124 Å². The summed E-state index contributed by atoms with van der Waals surface area (Å²) in [6, 6.07) is 6.20.